The van der Waals surface area contributed by atoms with Crippen LogP contribution in [0, 0.1) is 0 Å². The van der Waals surface area contributed by atoms with Gasteiger partial charge in [-0.1, -0.05) is 12.1 Å². The van der Waals surface area contributed by atoms with Crippen molar-refractivity contribution in [2.75, 3.05) is 26.2 Å². The molecule has 0 spiro atoms. The number of aryl methyl sites for hydroxylation is 1. The van der Waals surface area contributed by atoms with Crippen LogP contribution in [0.4, 0.5) is 0 Å². The Balaban J connectivity index is 1.77. The summed E-state index contributed by atoms with van der Waals surface area (Å²) in [5.41, 5.74) is 2.53. The van der Waals surface area contributed by atoms with Crippen molar-refractivity contribution in [1.29, 1.82) is 0 Å². The first-order chi connectivity index (χ1) is 8.34. The third-order valence-corrected chi connectivity index (χ3v) is 4.10. The van der Waals surface area contributed by atoms with Gasteiger partial charge in [0.1, 0.15) is 5.75 Å². The zero-order chi connectivity index (χ0) is 11.7. The second-order valence-electron chi connectivity index (χ2n) is 5.10. The second-order valence-corrected chi connectivity index (χ2v) is 5.10. The molecule has 0 unspecified atom stereocenters. The fourth-order valence-corrected chi connectivity index (χ4v) is 3.11. The lowest BCUT2D eigenvalue weighted by Gasteiger charge is -2.37. The second kappa shape index (κ2) is 4.67. The van der Waals surface area contributed by atoms with Crippen molar-refractivity contribution < 1.29 is 5.11 Å². The van der Waals surface area contributed by atoms with E-state index in [1.54, 1.807) is 0 Å². The van der Waals surface area contributed by atoms with E-state index in [1.807, 2.05) is 12.1 Å². The van der Waals surface area contributed by atoms with Crippen molar-refractivity contribution in [2.45, 2.75) is 25.3 Å². The van der Waals surface area contributed by atoms with Crippen LogP contribution in [-0.2, 0) is 12.8 Å². The summed E-state index contributed by atoms with van der Waals surface area (Å²) in [4.78, 5) is 2.58. The van der Waals surface area contributed by atoms with Gasteiger partial charge >= 0.3 is 0 Å². The Morgan fingerprint density at radius 2 is 2.06 bits per heavy atom. The fraction of sp³-hybridized carbons (Fsp3) is 0.571. The van der Waals surface area contributed by atoms with Gasteiger partial charge in [-0.2, -0.15) is 0 Å². The van der Waals surface area contributed by atoms with Gasteiger partial charge in [-0.15, -0.1) is 0 Å². The lowest BCUT2D eigenvalue weighted by Crippen LogP contribution is -2.50. The van der Waals surface area contributed by atoms with Crippen molar-refractivity contribution in [3.8, 4) is 5.75 Å². The molecule has 2 aliphatic rings. The molecule has 0 saturated carbocycles. The predicted molar refractivity (Wildman–Crippen MR) is 68.4 cm³/mol. The molecule has 3 rings (SSSR count). The number of phenols is 1. The standard InChI is InChI=1S/C14H20N2O/c17-14-3-1-2-11-4-5-12(10-13(11)14)16-8-6-15-7-9-16/h1-3,12,15,17H,4-10H2/t12-/m1/s1. The molecule has 92 valence electrons. The summed E-state index contributed by atoms with van der Waals surface area (Å²) >= 11 is 0. The summed E-state index contributed by atoms with van der Waals surface area (Å²) < 4.78 is 0. The van der Waals surface area contributed by atoms with Crippen LogP contribution in [0.1, 0.15) is 17.5 Å². The number of phenolic OH excluding ortho intramolecular Hbond substituents is 1. The molecule has 2 N–H and O–H groups in total. The van der Waals surface area contributed by atoms with Gasteiger partial charge in [-0.3, -0.25) is 4.90 Å². The molecule has 1 heterocycles. The van der Waals surface area contributed by atoms with Crippen LogP contribution in [-0.4, -0.2) is 42.2 Å². The monoisotopic (exact) mass is 232 g/mol. The van der Waals surface area contributed by atoms with E-state index in [0.717, 1.165) is 39.0 Å². The number of benzene rings is 1. The number of hydrogen-bond acceptors (Lipinski definition) is 3. The molecule has 0 radical (unpaired) electrons. The lowest BCUT2D eigenvalue weighted by atomic mass is 9.86. The summed E-state index contributed by atoms with van der Waals surface area (Å²) in [7, 11) is 0. The molecule has 3 heteroatoms. The van der Waals surface area contributed by atoms with Crippen LogP contribution in [0.2, 0.25) is 0 Å². The Labute approximate surface area is 102 Å². The average Bonchev–Trinajstić information content (AvgIpc) is 2.40. The summed E-state index contributed by atoms with van der Waals surface area (Å²) in [5.74, 6) is 0.488. The number of fused-ring (bicyclic) bond motifs is 1. The number of rotatable bonds is 1. The Hall–Kier alpha value is -1.06. The van der Waals surface area contributed by atoms with Gasteiger partial charge in [-0.05, 0) is 36.5 Å². The van der Waals surface area contributed by atoms with Crippen LogP contribution in [0.3, 0.4) is 0 Å². The summed E-state index contributed by atoms with van der Waals surface area (Å²) in [6.45, 7) is 4.50. The number of piperazine rings is 1. The largest absolute Gasteiger partial charge is 0.508 e. The Morgan fingerprint density at radius 3 is 2.88 bits per heavy atom. The van der Waals surface area contributed by atoms with Gasteiger partial charge in [0.15, 0.2) is 0 Å². The lowest BCUT2D eigenvalue weighted by molar-refractivity contribution is 0.158. The van der Waals surface area contributed by atoms with E-state index in [-0.39, 0.29) is 0 Å². The Morgan fingerprint density at radius 1 is 1.24 bits per heavy atom. The fourth-order valence-electron chi connectivity index (χ4n) is 3.11. The highest BCUT2D eigenvalue weighted by molar-refractivity contribution is 5.41. The minimum absolute atomic E-state index is 0.488. The van der Waals surface area contributed by atoms with Crippen LogP contribution in [0.25, 0.3) is 0 Å². The molecule has 0 bridgehead atoms. The predicted octanol–water partition coefficient (Wildman–Crippen LogP) is 1.15. The van der Waals surface area contributed by atoms with Crippen molar-refractivity contribution >= 4 is 0 Å². The maximum absolute atomic E-state index is 9.94. The molecule has 17 heavy (non-hydrogen) atoms. The minimum Gasteiger partial charge on any atom is -0.508 e. The quantitative estimate of drug-likeness (QED) is 0.762. The average molecular weight is 232 g/mol. The molecule has 0 amide bonds. The van der Waals surface area contributed by atoms with Crippen LogP contribution in [0.15, 0.2) is 18.2 Å². The smallest absolute Gasteiger partial charge is 0.119 e. The van der Waals surface area contributed by atoms with Gasteiger partial charge in [0.2, 0.25) is 0 Å². The van der Waals surface area contributed by atoms with Gasteiger partial charge in [0.25, 0.3) is 0 Å². The van der Waals surface area contributed by atoms with Crippen LogP contribution in [0.5, 0.6) is 5.75 Å². The number of aromatic hydroxyl groups is 1. The van der Waals surface area contributed by atoms with Crippen LogP contribution >= 0.6 is 0 Å². The van der Waals surface area contributed by atoms with E-state index in [9.17, 15) is 5.11 Å². The first-order valence-corrected chi connectivity index (χ1v) is 6.59. The maximum atomic E-state index is 9.94. The third kappa shape index (κ3) is 2.17. The van der Waals surface area contributed by atoms with Crippen molar-refractivity contribution in [2.24, 2.45) is 0 Å². The van der Waals surface area contributed by atoms with E-state index >= 15 is 0 Å². The topological polar surface area (TPSA) is 35.5 Å². The first kappa shape index (κ1) is 11.1. The molecule has 1 aromatic carbocycles. The number of hydrogen-bond donors (Lipinski definition) is 2. The minimum atomic E-state index is 0.488. The van der Waals surface area contributed by atoms with Crippen molar-refractivity contribution in [1.82, 2.24) is 10.2 Å². The van der Waals surface area contributed by atoms with Gasteiger partial charge < -0.3 is 10.4 Å². The molecule has 1 aliphatic heterocycles. The molecule has 3 nitrogen and oxygen atoms in total. The van der Waals surface area contributed by atoms with E-state index < -0.39 is 0 Å². The van der Waals surface area contributed by atoms with E-state index in [2.05, 4.69) is 16.3 Å². The number of nitrogens with one attached hydrogen (secondary N) is 1. The summed E-state index contributed by atoms with van der Waals surface area (Å²) in [6, 6.07) is 6.55. The summed E-state index contributed by atoms with van der Waals surface area (Å²) in [6.07, 6.45) is 3.36. The highest BCUT2D eigenvalue weighted by Gasteiger charge is 2.26. The Bertz CT molecular complexity index is 399. The SMILES string of the molecule is Oc1cccc2c1C[C@H](N1CCNCC1)CC2. The van der Waals surface area contributed by atoms with Crippen LogP contribution < -0.4 is 5.32 Å². The zero-order valence-electron chi connectivity index (χ0n) is 10.2. The van der Waals surface area contributed by atoms with E-state index in [1.165, 1.54) is 17.5 Å². The molecule has 1 aromatic rings. The highest BCUT2D eigenvalue weighted by atomic mass is 16.3. The molecular weight excluding hydrogens is 212 g/mol. The molecule has 1 fully saturated rings. The molecule has 1 atom stereocenters. The molecular formula is C14H20N2O. The normalized spacial score (nSPS) is 25.5. The third-order valence-electron chi connectivity index (χ3n) is 4.10. The Kier molecular flexibility index (Phi) is 3.04. The van der Waals surface area contributed by atoms with Gasteiger partial charge in [-0.25, -0.2) is 0 Å². The van der Waals surface area contributed by atoms with E-state index in [0.29, 0.717) is 11.8 Å². The van der Waals surface area contributed by atoms with Crippen molar-refractivity contribution in [3.63, 3.8) is 0 Å². The molecule has 1 aliphatic carbocycles. The first-order valence-electron chi connectivity index (χ1n) is 6.59. The zero-order valence-corrected chi connectivity index (χ0v) is 10.2. The van der Waals surface area contributed by atoms with Gasteiger partial charge in [0, 0.05) is 32.2 Å². The number of nitrogens with zero attached hydrogens (tertiary/aromatic N) is 1. The molecule has 0 aromatic heterocycles. The molecule has 1 saturated heterocycles. The van der Waals surface area contributed by atoms with Gasteiger partial charge in [0.05, 0.1) is 0 Å². The van der Waals surface area contributed by atoms with E-state index in [4.69, 9.17) is 0 Å². The maximum Gasteiger partial charge on any atom is 0.119 e. The van der Waals surface area contributed by atoms with Crippen molar-refractivity contribution in [3.05, 3.63) is 29.3 Å². The highest BCUT2D eigenvalue weighted by Crippen LogP contribution is 2.30. The summed E-state index contributed by atoms with van der Waals surface area (Å²) in [5, 5.41) is 13.3.